The standard InChI is InChI=1S/C4H6O3.3C2H4O2.Al/c1-3(5)7-4(2)6;3*1-2(3)4;/h1-2H3;3*1H3,(H,3,4);/q;;;;+3/p-3. The molecule has 0 rings (SSSR count). The molecule has 20 heavy (non-hydrogen) atoms. The summed E-state index contributed by atoms with van der Waals surface area (Å²) >= 11 is 0. The number of carboxylic acids is 3. The molecule has 0 aliphatic carbocycles. The van der Waals surface area contributed by atoms with Crippen LogP contribution in [0.3, 0.4) is 0 Å². The molecule has 0 heterocycles. The SMILES string of the molecule is CC(=O)OC(C)=O.CC(=O)[O-].CC(=O)[O-].CC(=O)[O-].[Al+3]. The zero-order valence-electron chi connectivity index (χ0n) is 11.8. The van der Waals surface area contributed by atoms with Crippen molar-refractivity contribution < 1.29 is 44.0 Å². The first-order valence-corrected chi connectivity index (χ1v) is 4.54. The van der Waals surface area contributed by atoms with E-state index in [2.05, 4.69) is 4.74 Å². The van der Waals surface area contributed by atoms with Gasteiger partial charge in [0.05, 0.1) is 0 Å². The summed E-state index contributed by atoms with van der Waals surface area (Å²) in [6.07, 6.45) is 0. The van der Waals surface area contributed by atoms with Crippen LogP contribution in [0.5, 0.6) is 0 Å². The monoisotopic (exact) mass is 306 g/mol. The topological polar surface area (TPSA) is 164 Å². The van der Waals surface area contributed by atoms with Gasteiger partial charge in [-0.25, -0.2) is 0 Å². The van der Waals surface area contributed by atoms with E-state index in [1.165, 1.54) is 13.8 Å². The van der Waals surface area contributed by atoms with Gasteiger partial charge in [-0.2, -0.15) is 0 Å². The van der Waals surface area contributed by atoms with E-state index in [0.717, 1.165) is 20.8 Å². The smallest absolute Gasteiger partial charge is 0.550 e. The van der Waals surface area contributed by atoms with Crippen LogP contribution in [0.25, 0.3) is 0 Å². The summed E-state index contributed by atoms with van der Waals surface area (Å²) in [5.74, 6) is -4.37. The number of carboxylic acid groups (broad SMARTS) is 3. The fraction of sp³-hybridized carbons (Fsp3) is 0.500. The molecule has 112 valence electrons. The fourth-order valence-electron chi connectivity index (χ4n) is 0.202. The molecular formula is C10H15AlO9. The van der Waals surface area contributed by atoms with Crippen LogP contribution in [-0.2, 0) is 28.7 Å². The Hall–Kier alpha value is -1.92. The van der Waals surface area contributed by atoms with Crippen molar-refractivity contribution in [3.63, 3.8) is 0 Å². The quantitative estimate of drug-likeness (QED) is 0.246. The minimum absolute atomic E-state index is 0. The Labute approximate surface area is 126 Å². The van der Waals surface area contributed by atoms with E-state index in [0.29, 0.717) is 0 Å². The molecule has 0 saturated heterocycles. The van der Waals surface area contributed by atoms with Crippen molar-refractivity contribution in [2.75, 3.05) is 0 Å². The largest absolute Gasteiger partial charge is 3.00 e. The van der Waals surface area contributed by atoms with Gasteiger partial charge in [-0.1, -0.05) is 0 Å². The van der Waals surface area contributed by atoms with Crippen LogP contribution in [-0.4, -0.2) is 47.2 Å². The summed E-state index contributed by atoms with van der Waals surface area (Å²) in [6, 6.07) is 0. The summed E-state index contributed by atoms with van der Waals surface area (Å²) < 4.78 is 3.97. The summed E-state index contributed by atoms with van der Waals surface area (Å²) in [5.41, 5.74) is 0. The minimum atomic E-state index is -1.08. The Morgan fingerprint density at radius 3 is 0.700 bits per heavy atom. The Balaban J connectivity index is -0.0000000512. The van der Waals surface area contributed by atoms with E-state index in [4.69, 9.17) is 29.7 Å². The zero-order chi connectivity index (χ0) is 16.6. The van der Waals surface area contributed by atoms with Gasteiger partial charge in [0.15, 0.2) is 0 Å². The average Bonchev–Trinajstić information content (AvgIpc) is 1.95. The number of hydrogen-bond acceptors (Lipinski definition) is 9. The van der Waals surface area contributed by atoms with Crippen molar-refractivity contribution >= 4 is 47.2 Å². The van der Waals surface area contributed by atoms with E-state index in [9.17, 15) is 9.59 Å². The number of rotatable bonds is 0. The van der Waals surface area contributed by atoms with Gasteiger partial charge in [0.25, 0.3) is 0 Å². The molecule has 0 bridgehead atoms. The minimum Gasteiger partial charge on any atom is -0.550 e. The molecule has 0 aromatic heterocycles. The van der Waals surface area contributed by atoms with Crippen LogP contribution in [0.1, 0.15) is 34.6 Å². The number of carbonyl (C=O) groups excluding carboxylic acids is 5. The van der Waals surface area contributed by atoms with Gasteiger partial charge in [-0.05, 0) is 20.8 Å². The molecule has 9 nitrogen and oxygen atoms in total. The molecule has 0 aromatic carbocycles. The molecule has 0 saturated carbocycles. The number of carbonyl (C=O) groups is 5. The molecule has 0 amide bonds. The molecule has 0 atom stereocenters. The molecule has 0 fully saturated rings. The van der Waals surface area contributed by atoms with Crippen molar-refractivity contribution in [2.24, 2.45) is 0 Å². The Morgan fingerprint density at radius 1 is 0.600 bits per heavy atom. The van der Waals surface area contributed by atoms with Crippen LogP contribution in [0.2, 0.25) is 0 Å². The third-order valence-corrected chi connectivity index (χ3v) is 0.287. The van der Waals surface area contributed by atoms with Crippen LogP contribution in [0, 0.1) is 0 Å². The van der Waals surface area contributed by atoms with Gasteiger partial charge in [-0.3, -0.25) is 9.59 Å². The van der Waals surface area contributed by atoms with Gasteiger partial charge in [0.2, 0.25) is 0 Å². The molecule has 0 unspecified atom stereocenters. The molecule has 0 N–H and O–H groups in total. The van der Waals surface area contributed by atoms with Crippen LogP contribution >= 0.6 is 0 Å². The van der Waals surface area contributed by atoms with Crippen molar-refractivity contribution in [2.45, 2.75) is 34.6 Å². The molecule has 0 aromatic rings. The van der Waals surface area contributed by atoms with Crippen molar-refractivity contribution in [1.82, 2.24) is 0 Å². The van der Waals surface area contributed by atoms with E-state index in [1.807, 2.05) is 0 Å². The molecular weight excluding hydrogens is 291 g/mol. The summed E-state index contributed by atoms with van der Waals surface area (Å²) in [7, 11) is 0. The first kappa shape index (κ1) is 30.8. The average molecular weight is 306 g/mol. The predicted octanol–water partition coefficient (Wildman–Crippen LogP) is -4.02. The first-order chi connectivity index (χ1) is 8.32. The molecule has 10 heteroatoms. The van der Waals surface area contributed by atoms with Crippen LogP contribution < -0.4 is 15.3 Å². The van der Waals surface area contributed by atoms with Crippen LogP contribution in [0.15, 0.2) is 0 Å². The number of aliphatic carboxylic acids is 3. The van der Waals surface area contributed by atoms with Gasteiger partial charge in [0, 0.05) is 31.8 Å². The number of ether oxygens (including phenoxy) is 1. The Morgan fingerprint density at radius 2 is 0.700 bits per heavy atom. The van der Waals surface area contributed by atoms with Crippen molar-refractivity contribution in [1.29, 1.82) is 0 Å². The van der Waals surface area contributed by atoms with E-state index in [-0.39, 0.29) is 17.4 Å². The maximum Gasteiger partial charge on any atom is 3.00 e. The van der Waals surface area contributed by atoms with Gasteiger partial charge in [-0.15, -0.1) is 0 Å². The molecule has 0 radical (unpaired) electrons. The number of esters is 2. The van der Waals surface area contributed by atoms with Gasteiger partial charge < -0.3 is 34.4 Å². The predicted molar refractivity (Wildman–Crippen MR) is 60.2 cm³/mol. The third-order valence-electron chi connectivity index (χ3n) is 0.287. The summed E-state index contributed by atoms with van der Waals surface area (Å²) in [5, 5.41) is 26.7. The fourth-order valence-corrected chi connectivity index (χ4v) is 0.202. The second-order valence-electron chi connectivity index (χ2n) is 2.56. The second kappa shape index (κ2) is 22.3. The number of hydrogen-bond donors (Lipinski definition) is 0. The normalized spacial score (nSPS) is 6.45. The van der Waals surface area contributed by atoms with Gasteiger partial charge in [0.1, 0.15) is 0 Å². The second-order valence-corrected chi connectivity index (χ2v) is 2.56. The van der Waals surface area contributed by atoms with E-state index in [1.54, 1.807) is 0 Å². The maximum atomic E-state index is 9.81. The zero-order valence-corrected chi connectivity index (χ0v) is 12.9. The van der Waals surface area contributed by atoms with Crippen molar-refractivity contribution in [3.05, 3.63) is 0 Å². The molecule has 0 aliphatic rings. The van der Waals surface area contributed by atoms with E-state index >= 15 is 0 Å². The van der Waals surface area contributed by atoms with Crippen LogP contribution in [0.4, 0.5) is 0 Å². The maximum absolute atomic E-state index is 9.81. The summed E-state index contributed by atoms with van der Waals surface area (Å²) in [6.45, 7) is 5.28. The molecule has 0 spiro atoms. The van der Waals surface area contributed by atoms with Crippen molar-refractivity contribution in [3.8, 4) is 0 Å². The Bertz CT molecular complexity index is 259. The summed E-state index contributed by atoms with van der Waals surface area (Å²) in [4.78, 5) is 46.3. The molecule has 0 aliphatic heterocycles. The third kappa shape index (κ3) is 844. The first-order valence-electron chi connectivity index (χ1n) is 4.54. The Kier molecular flexibility index (Phi) is 34.3. The van der Waals surface area contributed by atoms with Gasteiger partial charge >= 0.3 is 29.3 Å². The van der Waals surface area contributed by atoms with E-state index < -0.39 is 29.8 Å².